The zero-order valence-corrected chi connectivity index (χ0v) is 14.1. The van der Waals surface area contributed by atoms with Crippen molar-refractivity contribution in [1.29, 1.82) is 0 Å². The molecule has 0 N–H and O–H groups in total. The van der Waals surface area contributed by atoms with E-state index >= 15 is 0 Å². The van der Waals surface area contributed by atoms with Crippen LogP contribution in [0.15, 0.2) is 30.3 Å². The fraction of sp³-hybridized carbons (Fsp3) is 0.556. The molecule has 0 saturated carbocycles. The van der Waals surface area contributed by atoms with E-state index in [0.29, 0.717) is 6.42 Å². The number of rotatable bonds is 3. The van der Waals surface area contributed by atoms with Crippen LogP contribution in [0.3, 0.4) is 0 Å². The van der Waals surface area contributed by atoms with Crippen LogP contribution >= 0.6 is 0 Å². The first-order chi connectivity index (χ1) is 11.0. The van der Waals surface area contributed by atoms with Crippen LogP contribution < -0.4 is 0 Å². The highest BCUT2D eigenvalue weighted by atomic mass is 16.2. The number of benzene rings is 1. The van der Waals surface area contributed by atoms with Gasteiger partial charge in [0.1, 0.15) is 12.1 Å². The number of likely N-dealkylation sites (tertiary alicyclic amines) is 1. The summed E-state index contributed by atoms with van der Waals surface area (Å²) in [5, 5.41) is 0. The summed E-state index contributed by atoms with van der Waals surface area (Å²) in [7, 11) is 3.62. The van der Waals surface area contributed by atoms with Gasteiger partial charge in [-0.25, -0.2) is 0 Å². The van der Waals surface area contributed by atoms with Gasteiger partial charge in [0.25, 0.3) is 0 Å². The van der Waals surface area contributed by atoms with E-state index in [1.165, 1.54) is 0 Å². The van der Waals surface area contributed by atoms with Gasteiger partial charge in [0.2, 0.25) is 11.8 Å². The van der Waals surface area contributed by atoms with Gasteiger partial charge in [-0.2, -0.15) is 0 Å². The maximum absolute atomic E-state index is 13.0. The Kier molecular flexibility index (Phi) is 4.39. The molecular formula is C18H25N3O2. The molecule has 124 valence electrons. The second-order valence-electron chi connectivity index (χ2n) is 6.53. The molecule has 2 aliphatic rings. The molecule has 0 unspecified atom stereocenters. The number of hydrogen-bond acceptors (Lipinski definition) is 3. The molecule has 2 amide bonds. The molecule has 1 aromatic rings. The van der Waals surface area contributed by atoms with Crippen LogP contribution in [0, 0.1) is 0 Å². The Hall–Kier alpha value is -1.88. The topological polar surface area (TPSA) is 43.9 Å². The van der Waals surface area contributed by atoms with Crippen molar-refractivity contribution in [3.63, 3.8) is 0 Å². The molecule has 0 aliphatic carbocycles. The minimum Gasteiger partial charge on any atom is -0.339 e. The first-order valence-electron chi connectivity index (χ1n) is 8.36. The van der Waals surface area contributed by atoms with Gasteiger partial charge >= 0.3 is 0 Å². The fourth-order valence-electron chi connectivity index (χ4n) is 3.91. The fourth-order valence-corrected chi connectivity index (χ4v) is 3.91. The monoisotopic (exact) mass is 315 g/mol. The molecule has 0 radical (unpaired) electrons. The quantitative estimate of drug-likeness (QED) is 0.835. The molecule has 2 fully saturated rings. The summed E-state index contributed by atoms with van der Waals surface area (Å²) in [6, 6.07) is 9.30. The third kappa shape index (κ3) is 2.74. The maximum Gasteiger partial charge on any atom is 0.245 e. The van der Waals surface area contributed by atoms with E-state index in [1.54, 1.807) is 11.9 Å². The molecule has 5 heteroatoms. The Balaban J connectivity index is 1.90. The number of carbonyl (C=O) groups excluding carboxylic acids is 2. The summed E-state index contributed by atoms with van der Waals surface area (Å²) >= 11 is 0. The lowest BCUT2D eigenvalue weighted by Gasteiger charge is -2.29. The van der Waals surface area contributed by atoms with E-state index in [1.807, 2.05) is 42.3 Å². The van der Waals surface area contributed by atoms with Crippen molar-refractivity contribution in [2.75, 3.05) is 27.2 Å². The van der Waals surface area contributed by atoms with Crippen molar-refractivity contribution in [2.24, 2.45) is 0 Å². The molecule has 3 rings (SSSR count). The van der Waals surface area contributed by atoms with E-state index in [-0.39, 0.29) is 23.9 Å². The predicted molar refractivity (Wildman–Crippen MR) is 88.9 cm³/mol. The standard InChI is InChI=1S/C18H25N3O2/c1-4-21-11-10-14-16(21)18(23)20(3)15(17(22)19(14)2)12-13-8-6-5-7-9-13/h5-9,14-16H,4,10-12H2,1-3H3/t14-,15+,16+/m1/s1. The van der Waals surface area contributed by atoms with Gasteiger partial charge in [0.05, 0.1) is 6.04 Å². The van der Waals surface area contributed by atoms with Gasteiger partial charge in [-0.1, -0.05) is 37.3 Å². The number of amides is 2. The molecule has 23 heavy (non-hydrogen) atoms. The Morgan fingerprint density at radius 3 is 2.39 bits per heavy atom. The highest BCUT2D eigenvalue weighted by molar-refractivity contribution is 5.93. The van der Waals surface area contributed by atoms with Crippen LogP contribution in [0.2, 0.25) is 0 Å². The molecule has 2 heterocycles. The van der Waals surface area contributed by atoms with E-state index in [9.17, 15) is 9.59 Å². The molecule has 0 spiro atoms. The first-order valence-corrected chi connectivity index (χ1v) is 8.36. The van der Waals surface area contributed by atoms with E-state index < -0.39 is 6.04 Å². The Morgan fingerprint density at radius 2 is 1.74 bits per heavy atom. The summed E-state index contributed by atoms with van der Waals surface area (Å²) in [5.74, 6) is 0.128. The van der Waals surface area contributed by atoms with Crippen LogP contribution in [0.4, 0.5) is 0 Å². The molecular weight excluding hydrogens is 290 g/mol. The summed E-state index contributed by atoms with van der Waals surface area (Å²) in [5.41, 5.74) is 1.08. The van der Waals surface area contributed by atoms with E-state index in [4.69, 9.17) is 0 Å². The van der Waals surface area contributed by atoms with Gasteiger partial charge in [-0.05, 0) is 18.5 Å². The summed E-state index contributed by atoms with van der Waals surface area (Å²) in [6.45, 7) is 3.79. The largest absolute Gasteiger partial charge is 0.339 e. The number of hydrogen-bond donors (Lipinski definition) is 0. The van der Waals surface area contributed by atoms with Crippen molar-refractivity contribution in [2.45, 2.75) is 37.9 Å². The maximum atomic E-state index is 13.0. The lowest BCUT2D eigenvalue weighted by molar-refractivity contribution is -0.141. The second-order valence-corrected chi connectivity index (χ2v) is 6.53. The van der Waals surface area contributed by atoms with Crippen molar-refractivity contribution < 1.29 is 9.59 Å². The third-order valence-electron chi connectivity index (χ3n) is 5.35. The second kappa shape index (κ2) is 6.32. The smallest absolute Gasteiger partial charge is 0.245 e. The van der Waals surface area contributed by atoms with Crippen LogP contribution in [0.5, 0.6) is 0 Å². The number of nitrogens with zero attached hydrogens (tertiary/aromatic N) is 3. The van der Waals surface area contributed by atoms with Gasteiger partial charge in [-0.15, -0.1) is 0 Å². The van der Waals surface area contributed by atoms with Gasteiger partial charge in [0, 0.05) is 27.1 Å². The molecule has 2 saturated heterocycles. The first kappa shape index (κ1) is 16.0. The average Bonchev–Trinajstić information content (AvgIpc) is 2.99. The minimum atomic E-state index is -0.417. The molecule has 3 atom stereocenters. The third-order valence-corrected chi connectivity index (χ3v) is 5.35. The molecule has 5 nitrogen and oxygen atoms in total. The van der Waals surface area contributed by atoms with Crippen molar-refractivity contribution >= 4 is 11.8 Å². The number of fused-ring (bicyclic) bond motifs is 1. The van der Waals surface area contributed by atoms with Crippen molar-refractivity contribution in [3.05, 3.63) is 35.9 Å². The lowest BCUT2D eigenvalue weighted by Crippen LogP contribution is -2.50. The van der Waals surface area contributed by atoms with Crippen LogP contribution in [-0.4, -0.2) is 71.8 Å². The molecule has 0 aromatic heterocycles. The van der Waals surface area contributed by atoms with E-state index in [0.717, 1.165) is 25.1 Å². The Labute approximate surface area is 137 Å². The van der Waals surface area contributed by atoms with Crippen molar-refractivity contribution in [1.82, 2.24) is 14.7 Å². The molecule has 0 bridgehead atoms. The van der Waals surface area contributed by atoms with E-state index in [2.05, 4.69) is 11.8 Å². The zero-order chi connectivity index (χ0) is 16.6. The van der Waals surface area contributed by atoms with Gasteiger partial charge < -0.3 is 9.80 Å². The Morgan fingerprint density at radius 1 is 1.04 bits per heavy atom. The molecule has 1 aromatic carbocycles. The normalized spacial score (nSPS) is 28.9. The molecule has 2 aliphatic heterocycles. The number of likely N-dealkylation sites (N-methyl/N-ethyl adjacent to an activating group) is 3. The van der Waals surface area contributed by atoms with Gasteiger partial charge in [0.15, 0.2) is 0 Å². The minimum absolute atomic E-state index is 0.00169. The van der Waals surface area contributed by atoms with Gasteiger partial charge in [-0.3, -0.25) is 14.5 Å². The highest BCUT2D eigenvalue weighted by Gasteiger charge is 2.48. The summed E-state index contributed by atoms with van der Waals surface area (Å²) in [6.07, 6.45) is 1.44. The van der Waals surface area contributed by atoms with Crippen LogP contribution in [-0.2, 0) is 16.0 Å². The average molecular weight is 315 g/mol. The SMILES string of the molecule is CCN1CC[C@@H]2[C@H]1C(=O)N(C)[C@@H](Cc1ccccc1)C(=O)N2C. The predicted octanol–water partition coefficient (Wildman–Crippen LogP) is 0.991. The summed E-state index contributed by atoms with van der Waals surface area (Å²) < 4.78 is 0. The summed E-state index contributed by atoms with van der Waals surface area (Å²) in [4.78, 5) is 31.6. The van der Waals surface area contributed by atoms with Crippen LogP contribution in [0.1, 0.15) is 18.9 Å². The number of carbonyl (C=O) groups is 2. The zero-order valence-electron chi connectivity index (χ0n) is 14.1. The highest BCUT2D eigenvalue weighted by Crippen LogP contribution is 2.28. The lowest BCUT2D eigenvalue weighted by atomic mass is 10.0. The van der Waals surface area contributed by atoms with Crippen LogP contribution in [0.25, 0.3) is 0 Å². The Bertz CT molecular complexity index is 589. The van der Waals surface area contributed by atoms with Crippen molar-refractivity contribution in [3.8, 4) is 0 Å².